The maximum absolute atomic E-state index is 13.4. The molecule has 0 amide bonds. The molecule has 3 nitrogen and oxygen atoms in total. The lowest BCUT2D eigenvalue weighted by Crippen LogP contribution is -2.05. The fourth-order valence-corrected chi connectivity index (χ4v) is 2.07. The van der Waals surface area contributed by atoms with Crippen LogP contribution in [0.1, 0.15) is 29.6 Å². The molecule has 0 bridgehead atoms. The molecular weight excluding hydrogens is 253 g/mol. The van der Waals surface area contributed by atoms with Gasteiger partial charge in [-0.1, -0.05) is 6.42 Å². The van der Waals surface area contributed by atoms with Crippen molar-refractivity contribution >= 4 is 23.4 Å². The highest BCUT2D eigenvalue weighted by atomic mass is 32.2. The van der Waals surface area contributed by atoms with Gasteiger partial charge in [0.1, 0.15) is 5.82 Å². The predicted molar refractivity (Wildman–Crippen MR) is 74.1 cm³/mol. The van der Waals surface area contributed by atoms with Crippen molar-refractivity contribution in [3.63, 3.8) is 0 Å². The van der Waals surface area contributed by atoms with Crippen LogP contribution in [0.15, 0.2) is 18.2 Å². The molecular formula is C13H18FNO2S. The van der Waals surface area contributed by atoms with E-state index in [2.05, 4.69) is 11.6 Å². The summed E-state index contributed by atoms with van der Waals surface area (Å²) in [5.74, 6) is -0.770. The van der Waals surface area contributed by atoms with Gasteiger partial charge < -0.3 is 10.4 Å². The Hall–Kier alpha value is -1.23. The Morgan fingerprint density at radius 1 is 1.39 bits per heavy atom. The average Bonchev–Trinajstić information content (AvgIpc) is 2.33. The van der Waals surface area contributed by atoms with Crippen LogP contribution in [0.5, 0.6) is 0 Å². The maximum Gasteiger partial charge on any atom is 0.338 e. The number of unbranched alkanes of at least 4 members (excludes halogenated alkanes) is 2. The Balaban J connectivity index is 2.35. The number of carboxylic acid groups (broad SMARTS) is 1. The lowest BCUT2D eigenvalue weighted by atomic mass is 10.2. The lowest BCUT2D eigenvalue weighted by Gasteiger charge is -2.07. The van der Waals surface area contributed by atoms with Crippen LogP contribution in [0.3, 0.4) is 0 Å². The van der Waals surface area contributed by atoms with Crippen molar-refractivity contribution in [3.05, 3.63) is 29.6 Å². The minimum Gasteiger partial charge on any atom is -0.478 e. The van der Waals surface area contributed by atoms with E-state index in [1.54, 1.807) is 6.07 Å². The number of hydrogen-bond donors (Lipinski definition) is 2. The van der Waals surface area contributed by atoms with Gasteiger partial charge in [0.2, 0.25) is 0 Å². The minimum atomic E-state index is -1.24. The molecule has 2 N–H and O–H groups in total. The number of halogens is 1. The molecule has 0 saturated heterocycles. The highest BCUT2D eigenvalue weighted by Crippen LogP contribution is 2.14. The third-order valence-electron chi connectivity index (χ3n) is 2.55. The number of aromatic carboxylic acids is 1. The molecule has 5 heteroatoms. The first-order chi connectivity index (χ1) is 8.65. The highest BCUT2D eigenvalue weighted by Gasteiger charge is 2.09. The van der Waals surface area contributed by atoms with E-state index < -0.39 is 11.8 Å². The van der Waals surface area contributed by atoms with Gasteiger partial charge in [-0.3, -0.25) is 0 Å². The Labute approximate surface area is 111 Å². The van der Waals surface area contributed by atoms with Crippen LogP contribution in [0.4, 0.5) is 10.1 Å². The molecule has 0 aromatic heterocycles. The lowest BCUT2D eigenvalue weighted by molar-refractivity contribution is 0.0692. The zero-order chi connectivity index (χ0) is 13.4. The van der Waals surface area contributed by atoms with E-state index in [1.807, 2.05) is 11.8 Å². The Kier molecular flexibility index (Phi) is 6.57. The molecule has 0 heterocycles. The van der Waals surface area contributed by atoms with Crippen LogP contribution in [0.25, 0.3) is 0 Å². The second-order valence-corrected chi connectivity index (χ2v) is 4.97. The summed E-state index contributed by atoms with van der Waals surface area (Å²) in [5, 5.41) is 11.8. The van der Waals surface area contributed by atoms with Gasteiger partial charge >= 0.3 is 5.97 Å². The summed E-state index contributed by atoms with van der Waals surface area (Å²) in [6, 6.07) is 4.10. The first-order valence-electron chi connectivity index (χ1n) is 5.91. The Bertz CT molecular complexity index is 399. The molecule has 0 aliphatic carbocycles. The summed E-state index contributed by atoms with van der Waals surface area (Å²) in [4.78, 5) is 10.6. The van der Waals surface area contributed by atoms with Crippen LogP contribution in [-0.2, 0) is 0 Å². The minimum absolute atomic E-state index is 0.291. The standard InChI is InChI=1S/C13H18FNO2S/c1-18-8-4-2-3-7-15-10-5-6-11(13(16)17)12(14)9-10/h5-6,9,15H,2-4,7-8H2,1H3,(H,16,17). The fraction of sp³-hybridized carbons (Fsp3) is 0.462. The number of carboxylic acids is 1. The molecule has 18 heavy (non-hydrogen) atoms. The fourth-order valence-electron chi connectivity index (χ4n) is 1.58. The largest absolute Gasteiger partial charge is 0.478 e. The summed E-state index contributed by atoms with van der Waals surface area (Å²) < 4.78 is 13.4. The Morgan fingerprint density at radius 3 is 2.78 bits per heavy atom. The average molecular weight is 271 g/mol. The highest BCUT2D eigenvalue weighted by molar-refractivity contribution is 7.98. The van der Waals surface area contributed by atoms with Crippen molar-refractivity contribution in [2.45, 2.75) is 19.3 Å². The molecule has 1 rings (SSSR count). The zero-order valence-electron chi connectivity index (χ0n) is 10.4. The molecule has 0 aliphatic heterocycles. The third-order valence-corrected chi connectivity index (χ3v) is 3.25. The molecule has 1 aromatic carbocycles. The van der Waals surface area contributed by atoms with E-state index >= 15 is 0 Å². The third kappa shape index (κ3) is 4.96. The molecule has 0 aliphatic rings. The van der Waals surface area contributed by atoms with E-state index in [4.69, 9.17) is 5.11 Å². The summed E-state index contributed by atoms with van der Waals surface area (Å²) in [5.41, 5.74) is 0.336. The monoisotopic (exact) mass is 271 g/mol. The molecule has 1 aromatic rings. The normalized spacial score (nSPS) is 10.3. The van der Waals surface area contributed by atoms with Crippen molar-refractivity contribution in [2.24, 2.45) is 0 Å². The number of rotatable bonds is 8. The van der Waals surface area contributed by atoms with E-state index in [-0.39, 0.29) is 5.56 Å². The summed E-state index contributed by atoms with van der Waals surface area (Å²) in [7, 11) is 0. The Morgan fingerprint density at radius 2 is 2.17 bits per heavy atom. The second-order valence-electron chi connectivity index (χ2n) is 3.98. The van der Waals surface area contributed by atoms with Crippen LogP contribution in [0, 0.1) is 5.82 Å². The van der Waals surface area contributed by atoms with Gasteiger partial charge in [-0.15, -0.1) is 0 Å². The van der Waals surface area contributed by atoms with E-state index in [1.165, 1.54) is 24.3 Å². The first-order valence-corrected chi connectivity index (χ1v) is 7.30. The topological polar surface area (TPSA) is 49.3 Å². The number of hydrogen-bond acceptors (Lipinski definition) is 3. The SMILES string of the molecule is CSCCCCCNc1ccc(C(=O)O)c(F)c1. The molecule has 0 fully saturated rings. The van der Waals surface area contributed by atoms with E-state index in [0.29, 0.717) is 5.69 Å². The number of nitrogens with one attached hydrogen (secondary N) is 1. The van der Waals surface area contributed by atoms with Gasteiger partial charge in [0.25, 0.3) is 0 Å². The van der Waals surface area contributed by atoms with Crippen molar-refractivity contribution in [1.82, 2.24) is 0 Å². The van der Waals surface area contributed by atoms with Crippen LogP contribution >= 0.6 is 11.8 Å². The first kappa shape index (κ1) is 14.8. The van der Waals surface area contributed by atoms with Crippen molar-refractivity contribution < 1.29 is 14.3 Å². The molecule has 100 valence electrons. The van der Waals surface area contributed by atoms with E-state index in [9.17, 15) is 9.18 Å². The molecule has 0 spiro atoms. The zero-order valence-corrected chi connectivity index (χ0v) is 11.2. The number of carbonyl (C=O) groups is 1. The van der Waals surface area contributed by atoms with Gasteiger partial charge in [-0.2, -0.15) is 11.8 Å². The maximum atomic E-state index is 13.4. The van der Waals surface area contributed by atoms with Crippen LogP contribution < -0.4 is 5.32 Å². The van der Waals surface area contributed by atoms with Gasteiger partial charge in [0, 0.05) is 12.2 Å². The molecule has 0 unspecified atom stereocenters. The van der Waals surface area contributed by atoms with Crippen LogP contribution in [0.2, 0.25) is 0 Å². The number of benzene rings is 1. The number of thioether (sulfide) groups is 1. The number of anilines is 1. The van der Waals surface area contributed by atoms with Crippen molar-refractivity contribution in [3.8, 4) is 0 Å². The molecule has 0 radical (unpaired) electrons. The summed E-state index contributed by atoms with van der Waals surface area (Å²) in [6.07, 6.45) is 5.45. The quantitative estimate of drug-likeness (QED) is 0.711. The van der Waals surface area contributed by atoms with Gasteiger partial charge in [-0.25, -0.2) is 9.18 Å². The smallest absolute Gasteiger partial charge is 0.338 e. The van der Waals surface area contributed by atoms with Crippen molar-refractivity contribution in [1.29, 1.82) is 0 Å². The van der Waals surface area contributed by atoms with Crippen LogP contribution in [-0.4, -0.2) is 29.6 Å². The van der Waals surface area contributed by atoms with Gasteiger partial charge in [0.15, 0.2) is 0 Å². The molecule has 0 atom stereocenters. The van der Waals surface area contributed by atoms with Gasteiger partial charge in [0.05, 0.1) is 5.56 Å². The second kappa shape index (κ2) is 7.97. The summed E-state index contributed by atoms with van der Waals surface area (Å²) >= 11 is 1.84. The van der Waals surface area contributed by atoms with Gasteiger partial charge in [-0.05, 0) is 43.0 Å². The predicted octanol–water partition coefficient (Wildman–Crippen LogP) is 3.47. The summed E-state index contributed by atoms with van der Waals surface area (Å²) in [6.45, 7) is 0.778. The van der Waals surface area contributed by atoms with E-state index in [0.717, 1.165) is 19.4 Å². The molecule has 0 saturated carbocycles. The van der Waals surface area contributed by atoms with Crippen molar-refractivity contribution in [2.75, 3.05) is 23.9 Å².